The third-order valence-electron chi connectivity index (χ3n) is 5.76. The third-order valence-corrected chi connectivity index (χ3v) is 5.76. The molecule has 184 valence electrons. The lowest BCUT2D eigenvalue weighted by Crippen LogP contribution is -2.58. The molecule has 14 heteroatoms. The van der Waals surface area contributed by atoms with Crippen LogP contribution in [0, 0.1) is 10.1 Å². The lowest BCUT2D eigenvalue weighted by atomic mass is 10.00. The normalized spacial score (nSPS) is 22.8. The quantitative estimate of drug-likeness (QED) is 0.490. The number of nitro groups is 1. The summed E-state index contributed by atoms with van der Waals surface area (Å²) in [5.74, 6) is -0.639. The van der Waals surface area contributed by atoms with Crippen LogP contribution in [0.15, 0.2) is 30.5 Å². The highest BCUT2D eigenvalue weighted by atomic mass is 19.4. The van der Waals surface area contributed by atoms with Crippen LogP contribution in [0.25, 0.3) is 0 Å². The van der Waals surface area contributed by atoms with E-state index in [0.29, 0.717) is 38.2 Å². The summed E-state index contributed by atoms with van der Waals surface area (Å²) in [5.41, 5.74) is -0.0346. The maximum absolute atomic E-state index is 12.4. The third kappa shape index (κ3) is 5.32. The second-order valence-corrected chi connectivity index (χ2v) is 8.58. The van der Waals surface area contributed by atoms with E-state index in [-0.39, 0.29) is 24.1 Å². The summed E-state index contributed by atoms with van der Waals surface area (Å²) >= 11 is 0. The van der Waals surface area contributed by atoms with Crippen LogP contribution in [0.3, 0.4) is 0 Å². The first-order chi connectivity index (χ1) is 15.9. The highest BCUT2D eigenvalue weighted by molar-refractivity contribution is 5.65. The van der Waals surface area contributed by atoms with Crippen LogP contribution in [0.5, 0.6) is 11.8 Å². The first kappa shape index (κ1) is 23.6. The molecule has 1 N–H and O–H groups in total. The summed E-state index contributed by atoms with van der Waals surface area (Å²) in [5, 5.41) is 20.5. The molecule has 1 aromatic carbocycles. The predicted molar refractivity (Wildman–Crippen MR) is 110 cm³/mol. The minimum atomic E-state index is -4.79. The van der Waals surface area contributed by atoms with Crippen LogP contribution in [0.1, 0.15) is 12.5 Å². The molecule has 1 aromatic heterocycles. The molecule has 4 rings (SSSR count). The molecule has 1 fully saturated rings. The minimum absolute atomic E-state index is 0.163. The Morgan fingerprint density at radius 2 is 2.06 bits per heavy atom. The molecular formula is C20H22F3N5O6. The van der Waals surface area contributed by atoms with Crippen molar-refractivity contribution in [2.45, 2.75) is 37.9 Å². The molecule has 3 heterocycles. The van der Waals surface area contributed by atoms with Gasteiger partial charge >= 0.3 is 24.3 Å². The largest absolute Gasteiger partial charge is 0.573 e. The zero-order valence-corrected chi connectivity index (χ0v) is 18.1. The summed E-state index contributed by atoms with van der Waals surface area (Å²) < 4.78 is 48.4. The summed E-state index contributed by atoms with van der Waals surface area (Å²) in [6.07, 6.45) is -4.23. The minimum Gasteiger partial charge on any atom is -0.465 e. The van der Waals surface area contributed by atoms with E-state index in [1.807, 2.05) is 11.8 Å². The molecule has 11 nitrogen and oxygen atoms in total. The van der Waals surface area contributed by atoms with Crippen LogP contribution in [-0.2, 0) is 13.0 Å². The van der Waals surface area contributed by atoms with Gasteiger partial charge in [0.25, 0.3) is 0 Å². The van der Waals surface area contributed by atoms with Gasteiger partial charge in [-0.25, -0.2) is 4.79 Å². The van der Waals surface area contributed by atoms with E-state index in [4.69, 9.17) is 4.74 Å². The molecule has 1 saturated heterocycles. The molecule has 0 radical (unpaired) electrons. The Morgan fingerprint density at radius 1 is 1.35 bits per heavy atom. The topological polar surface area (TPSA) is 123 Å². The number of rotatable bonds is 6. The number of amides is 1. The second-order valence-electron chi connectivity index (χ2n) is 8.58. The molecule has 1 amide bonds. The van der Waals surface area contributed by atoms with E-state index in [0.717, 1.165) is 0 Å². The highest BCUT2D eigenvalue weighted by Crippen LogP contribution is 2.32. The van der Waals surface area contributed by atoms with Gasteiger partial charge in [-0.2, -0.15) is 0 Å². The van der Waals surface area contributed by atoms with Crippen LogP contribution in [-0.4, -0.2) is 79.7 Å². The van der Waals surface area contributed by atoms with Gasteiger partial charge in [0.2, 0.25) is 0 Å². The first-order valence-corrected chi connectivity index (χ1v) is 10.4. The number of ether oxygens (including phenoxy) is 2. The number of benzene rings is 1. The Morgan fingerprint density at radius 3 is 2.65 bits per heavy atom. The van der Waals surface area contributed by atoms with Crippen molar-refractivity contribution in [1.82, 2.24) is 19.4 Å². The van der Waals surface area contributed by atoms with Crippen LogP contribution in [0.2, 0.25) is 0 Å². The van der Waals surface area contributed by atoms with Crippen molar-refractivity contribution in [3.8, 4) is 11.8 Å². The van der Waals surface area contributed by atoms with Gasteiger partial charge in [0.15, 0.2) is 0 Å². The lowest BCUT2D eigenvalue weighted by molar-refractivity contribution is -0.389. The number of hydrogen-bond donors (Lipinski definition) is 1. The fraction of sp³-hybridized carbons (Fsp3) is 0.500. The molecule has 2 aliphatic rings. The van der Waals surface area contributed by atoms with Gasteiger partial charge in [-0.1, -0.05) is 12.1 Å². The number of halogens is 3. The molecule has 2 aliphatic heterocycles. The zero-order chi connectivity index (χ0) is 24.7. The Hall–Kier alpha value is -3.55. The molecule has 2 unspecified atom stereocenters. The number of aromatic nitrogens is 2. The van der Waals surface area contributed by atoms with Crippen molar-refractivity contribution in [3.63, 3.8) is 0 Å². The summed E-state index contributed by atoms with van der Waals surface area (Å²) in [6.45, 7) is 3.74. The number of piperazine rings is 1. The monoisotopic (exact) mass is 485 g/mol. The van der Waals surface area contributed by atoms with Gasteiger partial charge in [-0.05, 0) is 36.0 Å². The average molecular weight is 485 g/mol. The fourth-order valence-corrected chi connectivity index (χ4v) is 4.43. The van der Waals surface area contributed by atoms with Crippen molar-refractivity contribution in [3.05, 3.63) is 46.1 Å². The molecule has 0 spiro atoms. The van der Waals surface area contributed by atoms with Crippen molar-refractivity contribution in [2.75, 3.05) is 26.2 Å². The Balaban J connectivity index is 1.41. The molecule has 2 atom stereocenters. The van der Waals surface area contributed by atoms with E-state index in [1.165, 1.54) is 35.4 Å². The second kappa shape index (κ2) is 8.66. The molecule has 0 aliphatic carbocycles. The van der Waals surface area contributed by atoms with Crippen molar-refractivity contribution in [1.29, 1.82) is 0 Å². The van der Waals surface area contributed by atoms with Crippen LogP contribution >= 0.6 is 0 Å². The molecule has 0 bridgehead atoms. The number of alkyl halides is 3. The Labute approximate surface area is 191 Å². The van der Waals surface area contributed by atoms with Crippen LogP contribution in [0.4, 0.5) is 23.8 Å². The first-order valence-electron chi connectivity index (χ1n) is 10.4. The standard InChI is InChI=1S/C20H22F3N5O6/c1-19(12-26-10-16(28(31)32)24-17(26)34-19)11-25-6-7-27(18(29)30)14(9-25)8-13-2-4-15(5-3-13)33-20(21,22)23/h2-5,10,14H,6-9,11-12H2,1H3,(H,29,30). The predicted octanol–water partition coefficient (Wildman–Crippen LogP) is 2.75. The average Bonchev–Trinajstić information content (AvgIpc) is 3.23. The molecule has 34 heavy (non-hydrogen) atoms. The number of nitrogens with zero attached hydrogens (tertiary/aromatic N) is 5. The maximum Gasteiger partial charge on any atom is 0.573 e. The maximum atomic E-state index is 12.4. The van der Waals surface area contributed by atoms with Gasteiger partial charge < -0.3 is 29.6 Å². The van der Waals surface area contributed by atoms with E-state index in [1.54, 1.807) is 4.57 Å². The fourth-order valence-electron chi connectivity index (χ4n) is 4.43. The number of fused-ring (bicyclic) bond motifs is 1. The van der Waals surface area contributed by atoms with Gasteiger partial charge in [-0.3, -0.25) is 9.47 Å². The number of hydrogen-bond acceptors (Lipinski definition) is 7. The van der Waals surface area contributed by atoms with Gasteiger partial charge in [0, 0.05) is 31.2 Å². The van der Waals surface area contributed by atoms with E-state index in [9.17, 15) is 33.2 Å². The number of carboxylic acid groups (broad SMARTS) is 1. The van der Waals surface area contributed by atoms with E-state index in [2.05, 4.69) is 9.72 Å². The van der Waals surface area contributed by atoms with Crippen molar-refractivity contribution < 1.29 is 37.5 Å². The van der Waals surface area contributed by atoms with E-state index < -0.39 is 29.0 Å². The van der Waals surface area contributed by atoms with Gasteiger partial charge in [0.05, 0.1) is 12.6 Å². The lowest BCUT2D eigenvalue weighted by Gasteiger charge is -2.42. The summed E-state index contributed by atoms with van der Waals surface area (Å²) in [7, 11) is 0. The number of imidazole rings is 1. The molecular weight excluding hydrogens is 463 g/mol. The summed E-state index contributed by atoms with van der Waals surface area (Å²) in [6, 6.07) is 5.09. The Bertz CT molecular complexity index is 1050. The van der Waals surface area contributed by atoms with Gasteiger partial charge in [-0.15, -0.1) is 13.2 Å². The van der Waals surface area contributed by atoms with Crippen molar-refractivity contribution in [2.24, 2.45) is 0 Å². The van der Waals surface area contributed by atoms with Gasteiger partial charge in [0.1, 0.15) is 17.5 Å². The smallest absolute Gasteiger partial charge is 0.465 e. The molecule has 0 saturated carbocycles. The van der Waals surface area contributed by atoms with E-state index >= 15 is 0 Å². The Kier molecular flexibility index (Phi) is 6.02. The SMILES string of the molecule is CC1(CN2CCN(C(=O)O)C(Cc3ccc(OC(F)(F)F)cc3)C2)Cn2cc([N+](=O)[O-])nc2O1. The summed E-state index contributed by atoms with van der Waals surface area (Å²) in [4.78, 5) is 29.3. The zero-order valence-electron chi connectivity index (χ0n) is 18.1. The van der Waals surface area contributed by atoms with Crippen LogP contribution < -0.4 is 9.47 Å². The molecule has 2 aromatic rings. The van der Waals surface area contributed by atoms with Crippen molar-refractivity contribution >= 4 is 11.9 Å². The number of carbonyl (C=O) groups is 1. The highest BCUT2D eigenvalue weighted by Gasteiger charge is 2.43.